The third kappa shape index (κ3) is 2.39. The molecule has 4 nitrogen and oxygen atoms in total. The third-order valence-corrected chi connectivity index (χ3v) is 3.81. The standard InChI is InChI=1S/C15H15ClN2O2/c16-11-9-14(15(19)20)18(10-11)13-5-3-12(4-6-13)17-7-1-2-8-17/h3-6,9-10H,1-2,7-8H2,(H,19,20). The van der Waals surface area contributed by atoms with Crippen LogP contribution in [0.2, 0.25) is 5.02 Å². The Labute approximate surface area is 122 Å². The van der Waals surface area contributed by atoms with Crippen LogP contribution < -0.4 is 4.90 Å². The molecular formula is C15H15ClN2O2. The lowest BCUT2D eigenvalue weighted by Gasteiger charge is -2.18. The van der Waals surface area contributed by atoms with Crippen LogP contribution in [-0.2, 0) is 0 Å². The number of aromatic carboxylic acids is 1. The number of hydrogen-bond acceptors (Lipinski definition) is 2. The molecule has 1 aromatic carbocycles. The van der Waals surface area contributed by atoms with E-state index in [1.807, 2.05) is 24.3 Å². The van der Waals surface area contributed by atoms with E-state index in [0.717, 1.165) is 18.8 Å². The van der Waals surface area contributed by atoms with Gasteiger partial charge in [-0.3, -0.25) is 0 Å². The molecule has 0 aliphatic carbocycles. The monoisotopic (exact) mass is 290 g/mol. The van der Waals surface area contributed by atoms with E-state index in [4.69, 9.17) is 11.6 Å². The maximum Gasteiger partial charge on any atom is 0.352 e. The Morgan fingerprint density at radius 3 is 2.30 bits per heavy atom. The lowest BCUT2D eigenvalue weighted by atomic mass is 10.2. The molecule has 20 heavy (non-hydrogen) atoms. The van der Waals surface area contributed by atoms with Gasteiger partial charge >= 0.3 is 5.97 Å². The van der Waals surface area contributed by atoms with Crippen molar-refractivity contribution in [3.8, 4) is 5.69 Å². The van der Waals surface area contributed by atoms with Crippen LogP contribution in [0.1, 0.15) is 23.3 Å². The highest BCUT2D eigenvalue weighted by Crippen LogP contribution is 2.24. The first-order chi connectivity index (χ1) is 9.65. The molecule has 0 radical (unpaired) electrons. The number of carboxylic acid groups (broad SMARTS) is 1. The van der Waals surface area contributed by atoms with Crippen LogP contribution in [0.15, 0.2) is 36.5 Å². The first kappa shape index (κ1) is 13.1. The summed E-state index contributed by atoms with van der Waals surface area (Å²) in [6, 6.07) is 9.37. The van der Waals surface area contributed by atoms with Crippen LogP contribution in [0.4, 0.5) is 5.69 Å². The van der Waals surface area contributed by atoms with Crippen molar-refractivity contribution >= 4 is 23.3 Å². The third-order valence-electron chi connectivity index (χ3n) is 3.60. The van der Waals surface area contributed by atoms with E-state index in [1.54, 1.807) is 10.8 Å². The molecule has 1 aliphatic heterocycles. The van der Waals surface area contributed by atoms with Crippen molar-refractivity contribution in [1.82, 2.24) is 4.57 Å². The van der Waals surface area contributed by atoms with Gasteiger partial charge in [-0.05, 0) is 43.2 Å². The summed E-state index contributed by atoms with van der Waals surface area (Å²) in [6.45, 7) is 2.18. The Morgan fingerprint density at radius 2 is 1.70 bits per heavy atom. The minimum atomic E-state index is -0.986. The smallest absolute Gasteiger partial charge is 0.352 e. The molecule has 0 saturated carbocycles. The Hall–Kier alpha value is -1.94. The normalized spacial score (nSPS) is 14.8. The van der Waals surface area contributed by atoms with E-state index >= 15 is 0 Å². The average Bonchev–Trinajstić information content (AvgIpc) is 3.08. The molecule has 0 spiro atoms. The minimum Gasteiger partial charge on any atom is -0.477 e. The minimum absolute atomic E-state index is 0.170. The zero-order valence-electron chi connectivity index (χ0n) is 10.9. The second-order valence-electron chi connectivity index (χ2n) is 4.93. The summed E-state index contributed by atoms with van der Waals surface area (Å²) in [5.41, 5.74) is 2.16. The quantitative estimate of drug-likeness (QED) is 0.942. The predicted octanol–water partition coefficient (Wildman–Crippen LogP) is 3.43. The lowest BCUT2D eigenvalue weighted by molar-refractivity contribution is 0.0688. The lowest BCUT2D eigenvalue weighted by Crippen LogP contribution is -2.17. The molecule has 1 saturated heterocycles. The average molecular weight is 291 g/mol. The van der Waals surface area contributed by atoms with Crippen LogP contribution in [0.5, 0.6) is 0 Å². The molecule has 1 fully saturated rings. The number of anilines is 1. The predicted molar refractivity (Wildman–Crippen MR) is 79.2 cm³/mol. The van der Waals surface area contributed by atoms with Gasteiger partial charge in [-0.25, -0.2) is 4.79 Å². The highest BCUT2D eigenvalue weighted by atomic mass is 35.5. The molecule has 0 bridgehead atoms. The summed E-state index contributed by atoms with van der Waals surface area (Å²) in [4.78, 5) is 13.5. The van der Waals surface area contributed by atoms with E-state index in [0.29, 0.717) is 5.02 Å². The molecule has 0 unspecified atom stereocenters. The van der Waals surface area contributed by atoms with Crippen LogP contribution >= 0.6 is 11.6 Å². The molecule has 1 aliphatic rings. The van der Waals surface area contributed by atoms with Gasteiger partial charge in [0.05, 0.1) is 5.02 Å². The summed E-state index contributed by atoms with van der Waals surface area (Å²) in [5, 5.41) is 9.60. The van der Waals surface area contributed by atoms with E-state index in [9.17, 15) is 9.90 Å². The SMILES string of the molecule is O=C(O)c1cc(Cl)cn1-c1ccc(N2CCCC2)cc1. The zero-order valence-corrected chi connectivity index (χ0v) is 11.7. The van der Waals surface area contributed by atoms with Gasteiger partial charge in [-0.15, -0.1) is 0 Å². The van der Waals surface area contributed by atoms with Gasteiger partial charge in [0, 0.05) is 30.7 Å². The van der Waals surface area contributed by atoms with Gasteiger partial charge in [0.1, 0.15) is 5.69 Å². The van der Waals surface area contributed by atoms with E-state index < -0.39 is 5.97 Å². The van der Waals surface area contributed by atoms with E-state index in [1.165, 1.54) is 24.6 Å². The first-order valence-corrected chi connectivity index (χ1v) is 6.99. The number of carbonyl (C=O) groups is 1. The largest absolute Gasteiger partial charge is 0.477 e. The molecule has 3 rings (SSSR count). The molecule has 0 amide bonds. The Morgan fingerprint density at radius 1 is 1.10 bits per heavy atom. The van der Waals surface area contributed by atoms with E-state index in [-0.39, 0.29) is 5.69 Å². The number of benzene rings is 1. The van der Waals surface area contributed by atoms with Gasteiger partial charge in [-0.2, -0.15) is 0 Å². The van der Waals surface area contributed by atoms with Gasteiger partial charge in [0.15, 0.2) is 0 Å². The van der Waals surface area contributed by atoms with Crippen molar-refractivity contribution in [2.75, 3.05) is 18.0 Å². The fourth-order valence-corrected chi connectivity index (χ4v) is 2.81. The van der Waals surface area contributed by atoms with Crippen molar-refractivity contribution in [2.24, 2.45) is 0 Å². The maximum atomic E-state index is 11.2. The van der Waals surface area contributed by atoms with Crippen molar-refractivity contribution in [1.29, 1.82) is 0 Å². The summed E-state index contributed by atoms with van der Waals surface area (Å²) in [6.07, 6.45) is 4.09. The Bertz CT molecular complexity index is 628. The summed E-state index contributed by atoms with van der Waals surface area (Å²) in [7, 11) is 0. The number of rotatable bonds is 3. The number of aromatic nitrogens is 1. The second-order valence-corrected chi connectivity index (χ2v) is 5.37. The van der Waals surface area contributed by atoms with Gasteiger partial charge < -0.3 is 14.6 Å². The summed E-state index contributed by atoms with van der Waals surface area (Å²) < 4.78 is 1.60. The number of carboxylic acids is 1. The maximum absolute atomic E-state index is 11.2. The highest BCUT2D eigenvalue weighted by molar-refractivity contribution is 6.31. The van der Waals surface area contributed by atoms with Gasteiger partial charge in [0.25, 0.3) is 0 Å². The topological polar surface area (TPSA) is 45.5 Å². The highest BCUT2D eigenvalue weighted by Gasteiger charge is 2.15. The molecular weight excluding hydrogens is 276 g/mol. The molecule has 1 N–H and O–H groups in total. The molecule has 1 aromatic heterocycles. The van der Waals surface area contributed by atoms with Crippen molar-refractivity contribution in [3.05, 3.63) is 47.2 Å². The molecule has 104 valence electrons. The molecule has 2 aromatic rings. The van der Waals surface area contributed by atoms with Gasteiger partial charge in [0.2, 0.25) is 0 Å². The molecule has 5 heteroatoms. The van der Waals surface area contributed by atoms with Crippen LogP contribution in [0.25, 0.3) is 5.69 Å². The van der Waals surface area contributed by atoms with Crippen molar-refractivity contribution in [3.63, 3.8) is 0 Å². The number of hydrogen-bond donors (Lipinski definition) is 1. The van der Waals surface area contributed by atoms with Crippen LogP contribution in [-0.4, -0.2) is 28.7 Å². The van der Waals surface area contributed by atoms with Gasteiger partial charge in [-0.1, -0.05) is 11.6 Å². The second kappa shape index (κ2) is 5.21. The molecule has 2 heterocycles. The van der Waals surface area contributed by atoms with Crippen LogP contribution in [0, 0.1) is 0 Å². The van der Waals surface area contributed by atoms with Crippen molar-refractivity contribution in [2.45, 2.75) is 12.8 Å². The number of nitrogens with zero attached hydrogens (tertiary/aromatic N) is 2. The van der Waals surface area contributed by atoms with Crippen LogP contribution in [0.3, 0.4) is 0 Å². The summed E-state index contributed by atoms with van der Waals surface area (Å²) in [5.74, 6) is -0.986. The Kier molecular flexibility index (Phi) is 3.40. The molecule has 0 atom stereocenters. The Balaban J connectivity index is 1.93. The van der Waals surface area contributed by atoms with E-state index in [2.05, 4.69) is 4.90 Å². The number of halogens is 1. The van der Waals surface area contributed by atoms with Crippen molar-refractivity contribution < 1.29 is 9.90 Å². The summed E-state index contributed by atoms with van der Waals surface area (Å²) >= 11 is 5.90. The zero-order chi connectivity index (χ0) is 14.1. The fraction of sp³-hybridized carbons (Fsp3) is 0.267. The first-order valence-electron chi connectivity index (χ1n) is 6.62. The fourth-order valence-electron chi connectivity index (χ4n) is 2.61.